The lowest BCUT2D eigenvalue weighted by atomic mass is 10.2. The number of carbonyl (C=O) groups excluding carboxylic acids is 2. The van der Waals surface area contributed by atoms with E-state index in [0.717, 1.165) is 16.8 Å². The van der Waals surface area contributed by atoms with Crippen molar-refractivity contribution in [2.75, 3.05) is 14.2 Å². The Morgan fingerprint density at radius 2 is 2.00 bits per heavy atom. The number of hydrazine groups is 1. The molecule has 1 aliphatic rings. The first-order valence-electron chi connectivity index (χ1n) is 7.75. The standard InChI is InChI=1S/C18H15N3O4S2/c1-24-13-7-6-11(9-14(13)25-2)16(22)20-21-17(23)15(27-18(21)26)10-12-5-3-4-8-19-12/h3-10H,1-2H3,(H,20,22). The molecule has 27 heavy (non-hydrogen) atoms. The van der Waals surface area contributed by atoms with Crippen molar-refractivity contribution < 1.29 is 19.1 Å². The van der Waals surface area contributed by atoms with Gasteiger partial charge in [-0.25, -0.2) is 0 Å². The van der Waals surface area contributed by atoms with Crippen molar-refractivity contribution in [3.8, 4) is 11.5 Å². The molecular weight excluding hydrogens is 386 g/mol. The predicted molar refractivity (Wildman–Crippen MR) is 106 cm³/mol. The lowest BCUT2D eigenvalue weighted by molar-refractivity contribution is -0.123. The monoisotopic (exact) mass is 401 g/mol. The molecule has 0 unspecified atom stereocenters. The van der Waals surface area contributed by atoms with Gasteiger partial charge in [-0.2, -0.15) is 5.01 Å². The molecule has 2 heterocycles. The number of methoxy groups -OCH3 is 2. The van der Waals surface area contributed by atoms with Crippen LogP contribution in [0.5, 0.6) is 11.5 Å². The smallest absolute Gasteiger partial charge is 0.285 e. The summed E-state index contributed by atoms with van der Waals surface area (Å²) in [5.41, 5.74) is 3.45. The molecule has 1 fully saturated rings. The van der Waals surface area contributed by atoms with E-state index in [1.165, 1.54) is 20.3 Å². The van der Waals surface area contributed by atoms with Gasteiger partial charge in [0, 0.05) is 11.8 Å². The maximum Gasteiger partial charge on any atom is 0.285 e. The summed E-state index contributed by atoms with van der Waals surface area (Å²) >= 11 is 6.31. The molecule has 0 atom stereocenters. The van der Waals surface area contributed by atoms with Gasteiger partial charge in [-0.05, 0) is 48.6 Å². The van der Waals surface area contributed by atoms with Crippen molar-refractivity contribution in [1.82, 2.24) is 15.4 Å². The maximum atomic E-state index is 12.6. The molecule has 138 valence electrons. The second-order valence-corrected chi connectivity index (χ2v) is 6.96. The van der Waals surface area contributed by atoms with Crippen molar-refractivity contribution in [3.05, 3.63) is 58.8 Å². The van der Waals surface area contributed by atoms with E-state index in [1.54, 1.807) is 36.5 Å². The van der Waals surface area contributed by atoms with E-state index >= 15 is 0 Å². The van der Waals surface area contributed by atoms with E-state index in [4.69, 9.17) is 21.7 Å². The highest BCUT2D eigenvalue weighted by Gasteiger charge is 2.34. The topological polar surface area (TPSA) is 80.8 Å². The van der Waals surface area contributed by atoms with Gasteiger partial charge in [0.2, 0.25) is 0 Å². The molecule has 2 aromatic rings. The minimum Gasteiger partial charge on any atom is -0.493 e. The lowest BCUT2D eigenvalue weighted by Crippen LogP contribution is -2.44. The van der Waals surface area contributed by atoms with Gasteiger partial charge in [-0.3, -0.25) is 20.0 Å². The summed E-state index contributed by atoms with van der Waals surface area (Å²) in [4.78, 5) is 29.6. The first kappa shape index (κ1) is 18.9. The first-order chi connectivity index (χ1) is 13.0. The Hall–Kier alpha value is -2.91. The molecule has 0 saturated carbocycles. The summed E-state index contributed by atoms with van der Waals surface area (Å²) in [6.45, 7) is 0. The SMILES string of the molecule is COc1ccc(C(=O)NN2C(=O)C(=Cc3ccccn3)SC2=S)cc1OC. The van der Waals surface area contributed by atoms with Gasteiger partial charge < -0.3 is 9.47 Å². The third-order valence-electron chi connectivity index (χ3n) is 3.62. The zero-order chi connectivity index (χ0) is 19.4. The van der Waals surface area contributed by atoms with Crippen LogP contribution in [-0.2, 0) is 4.79 Å². The second kappa shape index (κ2) is 8.19. The van der Waals surface area contributed by atoms with Gasteiger partial charge in [0.15, 0.2) is 15.8 Å². The average Bonchev–Trinajstić information content (AvgIpc) is 2.95. The number of carbonyl (C=O) groups is 2. The van der Waals surface area contributed by atoms with E-state index in [0.29, 0.717) is 27.7 Å². The highest BCUT2D eigenvalue weighted by atomic mass is 32.2. The first-order valence-corrected chi connectivity index (χ1v) is 8.98. The van der Waals surface area contributed by atoms with Crippen LogP contribution in [0.2, 0.25) is 0 Å². The average molecular weight is 401 g/mol. The minimum absolute atomic E-state index is 0.232. The Labute approximate surface area is 165 Å². The fourth-order valence-electron chi connectivity index (χ4n) is 2.30. The van der Waals surface area contributed by atoms with Crippen LogP contribution in [0.25, 0.3) is 6.08 Å². The number of nitrogens with one attached hydrogen (secondary N) is 1. The lowest BCUT2D eigenvalue weighted by Gasteiger charge is -2.16. The van der Waals surface area contributed by atoms with E-state index < -0.39 is 11.8 Å². The normalized spacial score (nSPS) is 15.2. The summed E-state index contributed by atoms with van der Waals surface area (Å²) in [5.74, 6) is -0.000591. The number of thiocarbonyl (C=S) groups is 1. The van der Waals surface area contributed by atoms with Crippen molar-refractivity contribution in [1.29, 1.82) is 0 Å². The molecule has 0 bridgehead atoms. The molecule has 0 radical (unpaired) electrons. The number of hydrogen-bond donors (Lipinski definition) is 1. The van der Waals surface area contributed by atoms with Gasteiger partial charge in [0.1, 0.15) is 0 Å². The van der Waals surface area contributed by atoms with Crippen LogP contribution in [0.1, 0.15) is 16.1 Å². The third kappa shape index (κ3) is 4.09. The number of nitrogens with zero attached hydrogens (tertiary/aromatic N) is 2. The highest BCUT2D eigenvalue weighted by Crippen LogP contribution is 2.31. The number of pyridine rings is 1. The fraction of sp³-hybridized carbons (Fsp3) is 0.111. The van der Waals surface area contributed by atoms with Crippen LogP contribution in [-0.4, -0.2) is 40.3 Å². The van der Waals surface area contributed by atoms with Gasteiger partial charge in [-0.15, -0.1) is 0 Å². The largest absolute Gasteiger partial charge is 0.493 e. The summed E-state index contributed by atoms with van der Waals surface area (Å²) < 4.78 is 10.6. The van der Waals surface area contributed by atoms with E-state index in [2.05, 4.69) is 10.4 Å². The van der Waals surface area contributed by atoms with Crippen LogP contribution < -0.4 is 14.9 Å². The third-order valence-corrected chi connectivity index (χ3v) is 4.92. The molecule has 7 nitrogen and oxygen atoms in total. The zero-order valence-corrected chi connectivity index (χ0v) is 16.1. The van der Waals surface area contributed by atoms with Crippen LogP contribution >= 0.6 is 24.0 Å². The summed E-state index contributed by atoms with van der Waals surface area (Å²) in [6, 6.07) is 10.1. The molecular formula is C18H15N3O4S2. The minimum atomic E-state index is -0.494. The van der Waals surface area contributed by atoms with E-state index in [1.807, 2.05) is 6.07 Å². The van der Waals surface area contributed by atoms with E-state index in [9.17, 15) is 9.59 Å². The number of thioether (sulfide) groups is 1. The number of rotatable bonds is 5. The molecule has 1 aliphatic heterocycles. The highest BCUT2D eigenvalue weighted by molar-refractivity contribution is 8.26. The molecule has 1 aromatic heterocycles. The predicted octanol–water partition coefficient (Wildman–Crippen LogP) is 2.65. The quantitative estimate of drug-likeness (QED) is 0.609. The molecule has 1 aromatic carbocycles. The Morgan fingerprint density at radius 3 is 2.67 bits per heavy atom. The Morgan fingerprint density at radius 1 is 1.22 bits per heavy atom. The van der Waals surface area contributed by atoms with Crippen molar-refractivity contribution in [2.45, 2.75) is 0 Å². The number of amides is 2. The number of benzene rings is 1. The summed E-state index contributed by atoms with van der Waals surface area (Å²) in [6.07, 6.45) is 3.26. The summed E-state index contributed by atoms with van der Waals surface area (Å²) in [7, 11) is 2.98. The Kier molecular flexibility index (Phi) is 5.72. The fourth-order valence-corrected chi connectivity index (χ4v) is 3.47. The van der Waals surface area contributed by atoms with E-state index in [-0.39, 0.29) is 4.32 Å². The van der Waals surface area contributed by atoms with Crippen molar-refractivity contribution >= 4 is 46.2 Å². The van der Waals surface area contributed by atoms with Crippen molar-refractivity contribution in [2.24, 2.45) is 0 Å². The number of ether oxygens (including phenoxy) is 2. The summed E-state index contributed by atoms with van der Waals surface area (Å²) in [5, 5.41) is 1.05. The van der Waals surface area contributed by atoms with Gasteiger partial charge >= 0.3 is 0 Å². The number of hydrogen-bond acceptors (Lipinski definition) is 7. The zero-order valence-electron chi connectivity index (χ0n) is 14.5. The van der Waals surface area contributed by atoms with Gasteiger partial charge in [0.25, 0.3) is 11.8 Å². The maximum absolute atomic E-state index is 12.6. The van der Waals surface area contributed by atoms with Gasteiger partial charge in [-0.1, -0.05) is 17.8 Å². The molecule has 2 amide bonds. The Bertz CT molecular complexity index is 931. The second-order valence-electron chi connectivity index (χ2n) is 5.28. The van der Waals surface area contributed by atoms with Crippen LogP contribution in [0.3, 0.4) is 0 Å². The number of aromatic nitrogens is 1. The van der Waals surface area contributed by atoms with Crippen LogP contribution in [0.15, 0.2) is 47.5 Å². The molecule has 1 saturated heterocycles. The molecule has 3 rings (SSSR count). The molecule has 0 aliphatic carbocycles. The van der Waals surface area contributed by atoms with Crippen LogP contribution in [0, 0.1) is 0 Å². The van der Waals surface area contributed by atoms with Gasteiger partial charge in [0.05, 0.1) is 24.8 Å². The van der Waals surface area contributed by atoms with Crippen LogP contribution in [0.4, 0.5) is 0 Å². The Balaban J connectivity index is 1.77. The van der Waals surface area contributed by atoms with Crippen molar-refractivity contribution in [3.63, 3.8) is 0 Å². The molecule has 9 heteroatoms. The molecule has 1 N–H and O–H groups in total. The molecule has 0 spiro atoms.